The van der Waals surface area contributed by atoms with Crippen molar-refractivity contribution >= 4 is 5.78 Å². The van der Waals surface area contributed by atoms with E-state index >= 15 is 0 Å². The molecule has 0 atom stereocenters. The van der Waals surface area contributed by atoms with Gasteiger partial charge in [0.2, 0.25) is 0 Å². The maximum absolute atomic E-state index is 14.2. The largest absolute Gasteiger partial charge is 0.512 e. The third kappa shape index (κ3) is 5.55. The van der Waals surface area contributed by atoms with Crippen LogP contribution in [0, 0.1) is 29.0 Å². The molecule has 0 saturated carbocycles. The molecule has 1 N–H and O–H groups in total. The van der Waals surface area contributed by atoms with Crippen molar-refractivity contribution in [3.8, 4) is 17.3 Å². The van der Waals surface area contributed by atoms with Gasteiger partial charge in [-0.1, -0.05) is 17.7 Å². The van der Waals surface area contributed by atoms with Crippen LogP contribution in [0.25, 0.3) is 11.3 Å². The Morgan fingerprint density at radius 1 is 1.42 bits per heavy atom. The number of carbonyl (C=O) groups is 1. The number of ketones is 1. The van der Waals surface area contributed by atoms with Crippen LogP contribution in [0.1, 0.15) is 31.0 Å². The van der Waals surface area contributed by atoms with Crippen molar-refractivity contribution in [2.75, 3.05) is 0 Å². The maximum Gasteiger partial charge on any atom is 0.155 e. The smallest absolute Gasteiger partial charge is 0.155 e. The number of aryl methyl sites for hydroxylation is 1. The number of nitriles is 1. The Hall–Kier alpha value is -2.42. The van der Waals surface area contributed by atoms with Crippen LogP contribution in [0.5, 0.6) is 0 Å². The summed E-state index contributed by atoms with van der Waals surface area (Å²) in [6.45, 7) is 1.35. The number of rotatable bonds is 6. The van der Waals surface area contributed by atoms with E-state index in [0.717, 1.165) is 12.1 Å². The molecule has 2 aromatic rings. The van der Waals surface area contributed by atoms with E-state index < -0.39 is 17.2 Å². The van der Waals surface area contributed by atoms with Crippen molar-refractivity contribution in [1.29, 1.82) is 5.26 Å². The molecule has 137 valence electrons. The molecule has 0 aliphatic rings. The molecule has 0 unspecified atom stereocenters. The van der Waals surface area contributed by atoms with Gasteiger partial charge in [-0.25, -0.2) is 0 Å². The normalized spacial score (nSPS) is 10.8. The molecule has 1 radical (unpaired) electrons. The molecule has 0 spiro atoms. The summed E-state index contributed by atoms with van der Waals surface area (Å²) in [6, 6.07) is 9.83. The Morgan fingerprint density at radius 3 is 2.81 bits per heavy atom. The molecule has 0 amide bonds. The van der Waals surface area contributed by atoms with Gasteiger partial charge in [0, 0.05) is 43.9 Å². The van der Waals surface area contributed by atoms with Gasteiger partial charge in [-0.3, -0.25) is 13.6 Å². The van der Waals surface area contributed by atoms with Gasteiger partial charge < -0.3 is 10.1 Å². The van der Waals surface area contributed by atoms with Crippen LogP contribution in [0.3, 0.4) is 0 Å². The van der Waals surface area contributed by atoms with Crippen molar-refractivity contribution in [2.45, 2.75) is 26.2 Å². The first-order chi connectivity index (χ1) is 11.9. The molecule has 0 aliphatic heterocycles. The molecule has 0 aliphatic carbocycles. The number of allylic oxidation sites excluding steroid dienone is 2. The summed E-state index contributed by atoms with van der Waals surface area (Å²) in [6.07, 6.45) is 2.53. The summed E-state index contributed by atoms with van der Waals surface area (Å²) < 4.78 is 27.6. The molecule has 0 bridgehead atoms. The van der Waals surface area contributed by atoms with Crippen LogP contribution in [-0.4, -0.2) is 15.9 Å². The molecular weight excluding hydrogens is 518 g/mol. The SMILES string of the molecule is CC(=O)C=C(O)CCCc1cccc(-c2[c-]cc(F)c(C#N)c2F)n1.[Ir]. The maximum atomic E-state index is 14.2. The van der Waals surface area contributed by atoms with Gasteiger partial charge in [0.25, 0.3) is 0 Å². The predicted molar refractivity (Wildman–Crippen MR) is 87.5 cm³/mol. The Bertz CT molecular complexity index is 876. The molecule has 1 heterocycles. The van der Waals surface area contributed by atoms with Crippen LogP contribution in [-0.2, 0) is 31.3 Å². The van der Waals surface area contributed by atoms with Crippen LogP contribution < -0.4 is 0 Å². The van der Waals surface area contributed by atoms with Gasteiger partial charge in [-0.2, -0.15) is 5.26 Å². The molecule has 26 heavy (non-hydrogen) atoms. The third-order valence-electron chi connectivity index (χ3n) is 3.43. The molecule has 7 heteroatoms. The summed E-state index contributed by atoms with van der Waals surface area (Å²) in [7, 11) is 0. The number of hydrogen-bond donors (Lipinski definition) is 1. The van der Waals surface area contributed by atoms with Gasteiger partial charge in [-0.05, 0) is 31.5 Å². The molecule has 1 aromatic heterocycles. The average Bonchev–Trinajstić information content (AvgIpc) is 2.55. The Kier molecular flexibility index (Phi) is 8.24. The summed E-state index contributed by atoms with van der Waals surface area (Å²) in [5, 5.41) is 18.4. The first-order valence-electron chi connectivity index (χ1n) is 7.58. The van der Waals surface area contributed by atoms with Crippen molar-refractivity contribution in [3.05, 3.63) is 65.1 Å². The summed E-state index contributed by atoms with van der Waals surface area (Å²) in [5.41, 5.74) is 0.151. The monoisotopic (exact) mass is 534 g/mol. The number of pyridine rings is 1. The van der Waals surface area contributed by atoms with Gasteiger partial charge in [-0.15, -0.1) is 12.1 Å². The second-order valence-corrected chi connectivity index (χ2v) is 5.43. The Labute approximate surface area is 163 Å². The van der Waals surface area contributed by atoms with Crippen molar-refractivity contribution in [1.82, 2.24) is 4.98 Å². The number of aromatic nitrogens is 1. The predicted octanol–water partition coefficient (Wildman–Crippen LogP) is 4.05. The van der Waals surface area contributed by atoms with Crippen molar-refractivity contribution < 1.29 is 38.8 Å². The number of aliphatic hydroxyl groups excluding tert-OH is 1. The molecule has 4 nitrogen and oxygen atoms in total. The Balaban J connectivity index is 0.00000338. The van der Waals surface area contributed by atoms with E-state index in [9.17, 15) is 18.7 Å². The molecule has 1 aromatic carbocycles. The second-order valence-electron chi connectivity index (χ2n) is 5.43. The number of hydrogen-bond acceptors (Lipinski definition) is 4. The van der Waals surface area contributed by atoms with E-state index in [0.29, 0.717) is 25.0 Å². The summed E-state index contributed by atoms with van der Waals surface area (Å²) >= 11 is 0. The van der Waals surface area contributed by atoms with Gasteiger partial charge in [0.15, 0.2) is 5.78 Å². The second kappa shape index (κ2) is 9.91. The van der Waals surface area contributed by atoms with Crippen LogP contribution in [0.15, 0.2) is 36.1 Å². The minimum Gasteiger partial charge on any atom is -0.512 e. The zero-order valence-corrected chi connectivity index (χ0v) is 16.2. The van der Waals surface area contributed by atoms with E-state index in [1.54, 1.807) is 18.2 Å². The molecule has 0 saturated heterocycles. The van der Waals surface area contributed by atoms with Crippen molar-refractivity contribution in [3.63, 3.8) is 0 Å². The number of benzene rings is 1. The fourth-order valence-corrected chi connectivity index (χ4v) is 2.31. The quantitative estimate of drug-likeness (QED) is 0.346. The number of carbonyl (C=O) groups excluding carboxylic acids is 1. The minimum absolute atomic E-state index is 0. The first kappa shape index (κ1) is 21.6. The van der Waals surface area contributed by atoms with Crippen LogP contribution >= 0.6 is 0 Å². The number of aliphatic hydroxyl groups is 1. The Morgan fingerprint density at radius 2 is 2.15 bits per heavy atom. The topological polar surface area (TPSA) is 74.0 Å². The fourth-order valence-electron chi connectivity index (χ4n) is 2.31. The van der Waals surface area contributed by atoms with Gasteiger partial charge in [0.05, 0.1) is 23.5 Å². The first-order valence-corrected chi connectivity index (χ1v) is 7.58. The third-order valence-corrected chi connectivity index (χ3v) is 3.43. The summed E-state index contributed by atoms with van der Waals surface area (Å²) in [5.74, 6) is -2.18. The molecular formula is C19H15F2IrN2O2-. The summed E-state index contributed by atoms with van der Waals surface area (Å²) in [4.78, 5) is 15.2. The zero-order chi connectivity index (χ0) is 18.4. The van der Waals surface area contributed by atoms with E-state index in [4.69, 9.17) is 5.26 Å². The van der Waals surface area contributed by atoms with E-state index in [-0.39, 0.29) is 42.9 Å². The van der Waals surface area contributed by atoms with Gasteiger partial charge >= 0.3 is 0 Å². The van der Waals surface area contributed by atoms with Gasteiger partial charge in [0.1, 0.15) is 0 Å². The molecule has 0 fully saturated rings. The van der Waals surface area contributed by atoms with Crippen LogP contribution in [0.2, 0.25) is 0 Å². The average molecular weight is 534 g/mol. The van der Waals surface area contributed by atoms with E-state index in [1.807, 2.05) is 0 Å². The van der Waals surface area contributed by atoms with E-state index in [2.05, 4.69) is 11.1 Å². The van der Waals surface area contributed by atoms with E-state index in [1.165, 1.54) is 13.0 Å². The van der Waals surface area contributed by atoms with Crippen molar-refractivity contribution in [2.24, 2.45) is 0 Å². The standard InChI is InChI=1S/C19H15F2N2O2.Ir/c1-12(24)10-14(25)6-2-4-13-5-3-7-18(23-13)15-8-9-17(20)16(11-22)19(15)21;/h3,5,7,9-10,25H,2,4,6H2,1H3;/q-1;. The fraction of sp³-hybridized carbons (Fsp3) is 0.211. The number of halogens is 2. The zero-order valence-electron chi connectivity index (χ0n) is 13.8. The number of nitrogens with zero attached hydrogens (tertiary/aromatic N) is 2. The minimum atomic E-state index is -0.991. The van der Waals surface area contributed by atoms with Crippen LogP contribution in [0.4, 0.5) is 8.78 Å². The molecule has 2 rings (SSSR count).